The number of allylic oxidation sites excluding steroid dienone is 1. The van der Waals surface area contributed by atoms with E-state index in [0.29, 0.717) is 16.7 Å². The fraction of sp³-hybridized carbons (Fsp3) is 0. The van der Waals surface area contributed by atoms with Gasteiger partial charge in [-0.2, -0.15) is 4.68 Å². The second-order valence-electron chi connectivity index (χ2n) is 5.01. The van der Waals surface area contributed by atoms with Gasteiger partial charge in [0.15, 0.2) is 5.03 Å². The molecule has 7 nitrogen and oxygen atoms in total. The van der Waals surface area contributed by atoms with Crippen LogP contribution in [0.2, 0.25) is 0 Å². The van der Waals surface area contributed by atoms with Gasteiger partial charge in [-0.3, -0.25) is 10.1 Å². The summed E-state index contributed by atoms with van der Waals surface area (Å²) < 4.78 is 0.842. The molecule has 132 valence electrons. The second-order valence-corrected chi connectivity index (χ2v) is 6.34. The van der Waals surface area contributed by atoms with Gasteiger partial charge in [-0.05, 0) is 24.3 Å². The summed E-state index contributed by atoms with van der Waals surface area (Å²) in [7, 11) is 0. The number of rotatable bonds is 5. The highest BCUT2D eigenvalue weighted by Gasteiger charge is 2.28. The van der Waals surface area contributed by atoms with E-state index in [1.165, 1.54) is 4.68 Å². The highest BCUT2D eigenvalue weighted by Crippen LogP contribution is 2.31. The Kier molecular flexibility index (Phi) is 5.41. The van der Waals surface area contributed by atoms with Gasteiger partial charge >= 0.3 is 5.70 Å². The number of benzene rings is 2. The molecule has 0 aliphatic carbocycles. The van der Waals surface area contributed by atoms with E-state index in [2.05, 4.69) is 15.6 Å². The van der Waals surface area contributed by atoms with Crippen molar-refractivity contribution in [1.82, 2.24) is 15.0 Å². The van der Waals surface area contributed by atoms with E-state index in [-0.39, 0.29) is 5.82 Å². The van der Waals surface area contributed by atoms with Crippen molar-refractivity contribution in [1.29, 1.82) is 0 Å². The number of para-hydroxylation sites is 2. The fourth-order valence-corrected chi connectivity index (χ4v) is 2.60. The third-order valence-corrected chi connectivity index (χ3v) is 4.32. The zero-order valence-electron chi connectivity index (χ0n) is 12.9. The molecular weight excluding hydrogens is 401 g/mol. The third-order valence-electron chi connectivity index (χ3n) is 3.38. The highest BCUT2D eigenvalue weighted by molar-refractivity contribution is 6.59. The number of nitrogens with zero attached hydrogens (tertiary/aromatic N) is 4. The molecular formula is C16H10Cl3N5O2. The van der Waals surface area contributed by atoms with Gasteiger partial charge in [-0.25, -0.2) is 0 Å². The largest absolute Gasteiger partial charge is 0.334 e. The molecule has 2 aromatic carbocycles. The lowest BCUT2D eigenvalue weighted by Crippen LogP contribution is -2.16. The molecule has 0 spiro atoms. The monoisotopic (exact) mass is 409 g/mol. The van der Waals surface area contributed by atoms with Crippen molar-refractivity contribution in [2.24, 2.45) is 0 Å². The number of aromatic nitrogens is 3. The molecule has 0 saturated heterocycles. The first-order valence-electron chi connectivity index (χ1n) is 7.21. The fourth-order valence-electron chi connectivity index (χ4n) is 2.26. The van der Waals surface area contributed by atoms with E-state index in [1.807, 2.05) is 6.07 Å². The number of nitro groups is 1. The first-order valence-corrected chi connectivity index (χ1v) is 8.35. The lowest BCUT2D eigenvalue weighted by Gasteiger charge is -2.12. The molecule has 26 heavy (non-hydrogen) atoms. The van der Waals surface area contributed by atoms with Crippen molar-refractivity contribution >= 4 is 57.3 Å². The third kappa shape index (κ3) is 3.65. The first-order chi connectivity index (χ1) is 12.5. The van der Waals surface area contributed by atoms with Gasteiger partial charge in [0.2, 0.25) is 5.82 Å². The maximum absolute atomic E-state index is 11.7. The minimum atomic E-state index is -0.686. The predicted octanol–water partition coefficient (Wildman–Crippen LogP) is 4.83. The van der Waals surface area contributed by atoms with Crippen LogP contribution in [0.5, 0.6) is 0 Å². The van der Waals surface area contributed by atoms with Gasteiger partial charge in [0, 0.05) is 5.69 Å². The van der Waals surface area contributed by atoms with Crippen molar-refractivity contribution in [3.05, 3.63) is 79.9 Å². The van der Waals surface area contributed by atoms with Gasteiger partial charge in [-0.15, -0.1) is 5.10 Å². The Morgan fingerprint density at radius 1 is 1.04 bits per heavy atom. The normalized spacial score (nSPS) is 11.8. The first kappa shape index (κ1) is 18.2. The van der Waals surface area contributed by atoms with Gasteiger partial charge in [0.05, 0.1) is 10.4 Å². The average molecular weight is 411 g/mol. The number of fused-ring (bicyclic) bond motifs is 1. The van der Waals surface area contributed by atoms with Crippen LogP contribution in [0.3, 0.4) is 0 Å². The molecule has 1 N–H and O–H groups in total. The summed E-state index contributed by atoms with van der Waals surface area (Å²) in [6, 6.07) is 15.8. The Bertz CT molecular complexity index is 1030. The molecule has 0 aliphatic rings. The number of hydrogen-bond acceptors (Lipinski definition) is 5. The molecule has 0 unspecified atom stereocenters. The molecule has 0 atom stereocenters. The van der Waals surface area contributed by atoms with E-state index in [4.69, 9.17) is 34.8 Å². The number of hydrogen-bond donors (Lipinski definition) is 1. The van der Waals surface area contributed by atoms with Crippen LogP contribution in [-0.2, 0) is 0 Å². The molecule has 0 radical (unpaired) electrons. The maximum Gasteiger partial charge on any atom is 0.332 e. The molecule has 3 rings (SSSR count). The van der Waals surface area contributed by atoms with Crippen molar-refractivity contribution in [3.63, 3.8) is 0 Å². The summed E-state index contributed by atoms with van der Waals surface area (Å²) in [4.78, 5) is 11.0. The Balaban J connectivity index is 2.30. The molecule has 0 aliphatic heterocycles. The van der Waals surface area contributed by atoms with Gasteiger partial charge in [0.25, 0.3) is 0 Å². The average Bonchev–Trinajstić information content (AvgIpc) is 3.05. The summed E-state index contributed by atoms with van der Waals surface area (Å²) in [5, 5.41) is 22.3. The van der Waals surface area contributed by atoms with Crippen LogP contribution in [0.4, 0.5) is 5.69 Å². The van der Waals surface area contributed by atoms with Crippen molar-refractivity contribution in [2.45, 2.75) is 0 Å². The van der Waals surface area contributed by atoms with Gasteiger partial charge in [-0.1, -0.05) is 70.3 Å². The van der Waals surface area contributed by atoms with E-state index >= 15 is 0 Å². The van der Waals surface area contributed by atoms with E-state index in [0.717, 1.165) is 0 Å². The molecule has 10 heteroatoms. The van der Waals surface area contributed by atoms with E-state index < -0.39 is 20.1 Å². The lowest BCUT2D eigenvalue weighted by atomic mass is 10.3. The summed E-state index contributed by atoms with van der Waals surface area (Å²) in [6.07, 6.45) is 0. The molecule has 3 aromatic rings. The van der Waals surface area contributed by atoms with Crippen LogP contribution in [0, 0.1) is 10.1 Å². The SMILES string of the molecule is O=[N+]([O-])/C(C(Cl)=C(Cl)Cl)=C(\Nc1ccccc1)n1nnc2ccccc21. The van der Waals surface area contributed by atoms with E-state index in [9.17, 15) is 10.1 Å². The molecule has 0 fully saturated rings. The zero-order chi connectivity index (χ0) is 18.7. The highest BCUT2D eigenvalue weighted by atomic mass is 35.5. The standard InChI is InChI=1S/C16H10Cl3N5O2/c17-13(15(18)19)14(24(25)26)16(20-10-6-2-1-3-7-10)23-12-9-5-4-8-11(12)21-22-23/h1-9,20H/b16-14+. The quantitative estimate of drug-likeness (QED) is 0.370. The molecule has 1 heterocycles. The van der Waals surface area contributed by atoms with Gasteiger partial charge in [0.1, 0.15) is 10.0 Å². The summed E-state index contributed by atoms with van der Waals surface area (Å²) >= 11 is 17.4. The van der Waals surface area contributed by atoms with E-state index in [1.54, 1.807) is 48.5 Å². The van der Waals surface area contributed by atoms with Crippen LogP contribution < -0.4 is 5.32 Å². The van der Waals surface area contributed by atoms with Crippen molar-refractivity contribution < 1.29 is 4.92 Å². The summed E-state index contributed by atoms with van der Waals surface area (Å²) in [5.41, 5.74) is 1.14. The summed E-state index contributed by atoms with van der Waals surface area (Å²) in [5.74, 6) is -0.0429. The molecule has 1 aromatic heterocycles. The second kappa shape index (κ2) is 7.74. The molecule has 0 saturated carbocycles. The molecule has 0 bridgehead atoms. The van der Waals surface area contributed by atoms with Crippen LogP contribution in [-0.4, -0.2) is 19.9 Å². The van der Waals surface area contributed by atoms with Crippen LogP contribution in [0.25, 0.3) is 16.9 Å². The topological polar surface area (TPSA) is 85.9 Å². The minimum absolute atomic E-state index is 0.0429. The Morgan fingerprint density at radius 3 is 2.35 bits per heavy atom. The number of nitrogens with one attached hydrogen (secondary N) is 1. The van der Waals surface area contributed by atoms with Crippen molar-refractivity contribution in [3.8, 4) is 0 Å². The summed E-state index contributed by atoms with van der Waals surface area (Å²) in [6.45, 7) is 0. The Labute approximate surface area is 162 Å². The zero-order valence-corrected chi connectivity index (χ0v) is 15.2. The van der Waals surface area contributed by atoms with Crippen LogP contribution >= 0.6 is 34.8 Å². The van der Waals surface area contributed by atoms with Crippen LogP contribution in [0.15, 0.2) is 69.8 Å². The predicted molar refractivity (Wildman–Crippen MR) is 102 cm³/mol. The lowest BCUT2D eigenvalue weighted by molar-refractivity contribution is -0.419. The number of anilines is 1. The smallest absolute Gasteiger partial charge is 0.332 e. The van der Waals surface area contributed by atoms with Gasteiger partial charge < -0.3 is 5.32 Å². The minimum Gasteiger partial charge on any atom is -0.334 e. The Hall–Kier alpha value is -2.61. The van der Waals surface area contributed by atoms with Crippen LogP contribution in [0.1, 0.15) is 0 Å². The maximum atomic E-state index is 11.7. The Morgan fingerprint density at radius 2 is 1.69 bits per heavy atom. The molecule has 0 amide bonds. The number of halogens is 3. The van der Waals surface area contributed by atoms with Crippen molar-refractivity contribution in [2.75, 3.05) is 5.32 Å².